The predicted molar refractivity (Wildman–Crippen MR) is 58.1 cm³/mol. The Kier molecular flexibility index (Phi) is 2.80. The van der Waals surface area contributed by atoms with Crippen LogP contribution in [-0.4, -0.2) is 5.78 Å². The van der Waals surface area contributed by atoms with Crippen LogP contribution < -0.4 is 0 Å². The summed E-state index contributed by atoms with van der Waals surface area (Å²) in [5.74, 6) is 0.249. The molecule has 0 atom stereocenters. The van der Waals surface area contributed by atoms with E-state index < -0.39 is 0 Å². The van der Waals surface area contributed by atoms with Gasteiger partial charge in [0.15, 0.2) is 5.78 Å². The Balaban J connectivity index is 2.34. The minimum atomic E-state index is 0.104. The summed E-state index contributed by atoms with van der Waals surface area (Å²) in [6, 6.07) is 5.17. The highest BCUT2D eigenvalue weighted by Gasteiger charge is 2.28. The molecule has 14 heavy (non-hydrogen) atoms. The van der Waals surface area contributed by atoms with E-state index in [4.69, 9.17) is 23.2 Å². The number of Topliss-reactive ketones (excluding diaryl/α,β-unsaturated/α-hetero) is 1. The standard InChI is InChI=1S/C11H10Cl2O/c12-8-5-2-6-9(13)10(8)11(14)7-3-1-4-7/h2,5-7H,1,3-4H2. The molecule has 74 valence electrons. The molecule has 3 heteroatoms. The van der Waals surface area contributed by atoms with Crippen LogP contribution in [0.3, 0.4) is 0 Å². The first kappa shape index (κ1) is 10.0. The van der Waals surface area contributed by atoms with Crippen molar-refractivity contribution in [3.63, 3.8) is 0 Å². The van der Waals surface area contributed by atoms with E-state index in [2.05, 4.69) is 0 Å². The maximum absolute atomic E-state index is 11.9. The lowest BCUT2D eigenvalue weighted by molar-refractivity contribution is 0.0855. The van der Waals surface area contributed by atoms with Gasteiger partial charge in [0, 0.05) is 5.92 Å². The summed E-state index contributed by atoms with van der Waals surface area (Å²) in [7, 11) is 0. The topological polar surface area (TPSA) is 17.1 Å². The van der Waals surface area contributed by atoms with E-state index >= 15 is 0 Å². The third-order valence-corrected chi connectivity index (χ3v) is 3.32. The molecule has 0 amide bonds. The second kappa shape index (κ2) is 3.92. The average molecular weight is 229 g/mol. The van der Waals surface area contributed by atoms with Gasteiger partial charge < -0.3 is 0 Å². The molecule has 0 aromatic heterocycles. The maximum atomic E-state index is 11.9. The number of halogens is 2. The smallest absolute Gasteiger partial charge is 0.168 e. The fraction of sp³-hybridized carbons (Fsp3) is 0.364. The van der Waals surface area contributed by atoms with Gasteiger partial charge in [0.05, 0.1) is 15.6 Å². The average Bonchev–Trinajstić information content (AvgIpc) is 2.00. The molecule has 1 aliphatic rings. The number of rotatable bonds is 2. The van der Waals surface area contributed by atoms with Gasteiger partial charge in [-0.25, -0.2) is 0 Å². The molecule has 0 saturated heterocycles. The summed E-state index contributed by atoms with van der Waals surface area (Å²) in [6.07, 6.45) is 3.08. The van der Waals surface area contributed by atoms with Gasteiger partial charge in [0.2, 0.25) is 0 Å². The van der Waals surface area contributed by atoms with E-state index in [1.54, 1.807) is 18.2 Å². The largest absolute Gasteiger partial charge is 0.294 e. The van der Waals surface area contributed by atoms with Crippen LogP contribution in [0.15, 0.2) is 18.2 Å². The van der Waals surface area contributed by atoms with Crippen LogP contribution in [0, 0.1) is 5.92 Å². The molecule has 0 aliphatic heterocycles. The monoisotopic (exact) mass is 228 g/mol. The zero-order valence-electron chi connectivity index (χ0n) is 7.59. The zero-order chi connectivity index (χ0) is 10.1. The maximum Gasteiger partial charge on any atom is 0.168 e. The van der Waals surface area contributed by atoms with Gasteiger partial charge in [-0.1, -0.05) is 35.7 Å². The van der Waals surface area contributed by atoms with Crippen molar-refractivity contribution in [2.24, 2.45) is 5.92 Å². The molecule has 0 heterocycles. The van der Waals surface area contributed by atoms with Crippen LogP contribution >= 0.6 is 23.2 Å². The van der Waals surface area contributed by atoms with Crippen LogP contribution in [0.5, 0.6) is 0 Å². The Morgan fingerprint density at radius 1 is 1.21 bits per heavy atom. The number of ketones is 1. The van der Waals surface area contributed by atoms with E-state index in [1.807, 2.05) is 0 Å². The summed E-state index contributed by atoms with van der Waals surface area (Å²) in [5, 5.41) is 0.934. The number of hydrogen-bond donors (Lipinski definition) is 0. The molecule has 1 fully saturated rings. The summed E-state index contributed by atoms with van der Waals surface area (Å²) in [5.41, 5.74) is 0.500. The number of hydrogen-bond acceptors (Lipinski definition) is 1. The Morgan fingerprint density at radius 2 is 1.79 bits per heavy atom. The SMILES string of the molecule is O=C(c1c(Cl)cccc1Cl)C1CCC1. The lowest BCUT2D eigenvalue weighted by Crippen LogP contribution is -2.22. The van der Waals surface area contributed by atoms with Crippen LogP contribution in [-0.2, 0) is 0 Å². The van der Waals surface area contributed by atoms with Crippen LogP contribution in [0.25, 0.3) is 0 Å². The molecule has 0 spiro atoms. The van der Waals surface area contributed by atoms with Crippen molar-refractivity contribution in [2.75, 3.05) is 0 Å². The Morgan fingerprint density at radius 3 is 2.21 bits per heavy atom. The first-order valence-corrected chi connectivity index (χ1v) is 5.44. The van der Waals surface area contributed by atoms with Gasteiger partial charge in [0.25, 0.3) is 0 Å². The van der Waals surface area contributed by atoms with Gasteiger partial charge in [0.1, 0.15) is 0 Å². The van der Waals surface area contributed by atoms with Crippen molar-refractivity contribution in [1.29, 1.82) is 0 Å². The molecule has 1 aromatic carbocycles. The normalized spacial score (nSPS) is 16.4. The highest BCUT2D eigenvalue weighted by Crippen LogP contribution is 2.34. The molecule has 2 rings (SSSR count). The highest BCUT2D eigenvalue weighted by molar-refractivity contribution is 6.39. The van der Waals surface area contributed by atoms with Gasteiger partial charge in [-0.2, -0.15) is 0 Å². The van der Waals surface area contributed by atoms with Gasteiger partial charge in [-0.15, -0.1) is 0 Å². The van der Waals surface area contributed by atoms with Crippen molar-refractivity contribution >= 4 is 29.0 Å². The fourth-order valence-electron chi connectivity index (χ4n) is 1.61. The van der Waals surface area contributed by atoms with Crippen molar-refractivity contribution in [3.8, 4) is 0 Å². The van der Waals surface area contributed by atoms with Crippen LogP contribution in [0.1, 0.15) is 29.6 Å². The second-order valence-electron chi connectivity index (χ2n) is 3.59. The zero-order valence-corrected chi connectivity index (χ0v) is 9.11. The van der Waals surface area contributed by atoms with Gasteiger partial charge in [-0.3, -0.25) is 4.79 Å². The fourth-order valence-corrected chi connectivity index (χ4v) is 2.19. The van der Waals surface area contributed by atoms with Crippen molar-refractivity contribution in [2.45, 2.75) is 19.3 Å². The van der Waals surface area contributed by atoms with Crippen molar-refractivity contribution in [3.05, 3.63) is 33.8 Å². The quantitative estimate of drug-likeness (QED) is 0.701. The van der Waals surface area contributed by atoms with E-state index in [0.717, 1.165) is 19.3 Å². The molecule has 0 N–H and O–H groups in total. The molecular formula is C11H10Cl2O. The Labute approximate surface area is 93.0 Å². The first-order chi connectivity index (χ1) is 6.70. The Hall–Kier alpha value is -0.530. The number of benzene rings is 1. The van der Waals surface area contributed by atoms with Crippen molar-refractivity contribution < 1.29 is 4.79 Å². The molecule has 1 aromatic rings. The van der Waals surface area contributed by atoms with Crippen LogP contribution in [0.2, 0.25) is 10.0 Å². The summed E-state index contributed by atoms with van der Waals surface area (Å²) >= 11 is 11.9. The molecule has 1 nitrogen and oxygen atoms in total. The first-order valence-electron chi connectivity index (χ1n) is 4.68. The molecule has 1 aliphatic carbocycles. The second-order valence-corrected chi connectivity index (χ2v) is 4.40. The lowest BCUT2D eigenvalue weighted by atomic mass is 9.80. The van der Waals surface area contributed by atoms with Gasteiger partial charge in [-0.05, 0) is 25.0 Å². The van der Waals surface area contributed by atoms with E-state index in [9.17, 15) is 4.79 Å². The minimum Gasteiger partial charge on any atom is -0.294 e. The highest BCUT2D eigenvalue weighted by atomic mass is 35.5. The lowest BCUT2D eigenvalue weighted by Gasteiger charge is -2.24. The molecule has 0 radical (unpaired) electrons. The Bertz CT molecular complexity index is 349. The molecule has 0 unspecified atom stereocenters. The predicted octanol–water partition coefficient (Wildman–Crippen LogP) is 3.98. The third-order valence-electron chi connectivity index (χ3n) is 2.69. The molecule has 1 saturated carbocycles. The summed E-state index contributed by atoms with van der Waals surface area (Å²) < 4.78 is 0. The number of carbonyl (C=O) groups is 1. The summed E-state index contributed by atoms with van der Waals surface area (Å²) in [4.78, 5) is 11.9. The third kappa shape index (κ3) is 1.67. The van der Waals surface area contributed by atoms with Gasteiger partial charge >= 0.3 is 0 Å². The van der Waals surface area contributed by atoms with E-state index in [1.165, 1.54) is 0 Å². The number of carbonyl (C=O) groups excluding carboxylic acids is 1. The van der Waals surface area contributed by atoms with E-state index in [-0.39, 0.29) is 11.7 Å². The van der Waals surface area contributed by atoms with Crippen molar-refractivity contribution in [1.82, 2.24) is 0 Å². The summed E-state index contributed by atoms with van der Waals surface area (Å²) in [6.45, 7) is 0. The molecule has 0 bridgehead atoms. The minimum absolute atomic E-state index is 0.104. The van der Waals surface area contributed by atoms with Crippen LogP contribution in [0.4, 0.5) is 0 Å². The van der Waals surface area contributed by atoms with E-state index in [0.29, 0.717) is 15.6 Å². The molecular weight excluding hydrogens is 219 g/mol.